The number of H-pyrrole nitrogens is 1. The molecule has 0 saturated carbocycles. The van der Waals surface area contributed by atoms with Gasteiger partial charge in [0, 0.05) is 32.3 Å². The maximum atomic E-state index is 7.32. The number of rotatable bonds is 4. The van der Waals surface area contributed by atoms with Crippen molar-refractivity contribution in [2.75, 3.05) is 7.05 Å². The lowest BCUT2D eigenvalue weighted by atomic mass is 10.2. The molecular weight excluding hydrogens is 152 g/mol. The van der Waals surface area contributed by atoms with Gasteiger partial charge in [0.25, 0.3) is 0 Å². The maximum Gasteiger partial charge on any atom is 0.106 e. The topological polar surface area (TPSA) is 64.6 Å². The third-order valence-corrected chi connectivity index (χ3v) is 1.70. The van der Waals surface area contributed by atoms with Crippen LogP contribution in [0.25, 0.3) is 0 Å². The summed E-state index contributed by atoms with van der Waals surface area (Å²) in [4.78, 5) is 7.12. The molecule has 0 atom stereocenters. The van der Waals surface area contributed by atoms with Gasteiger partial charge in [-0.2, -0.15) is 0 Å². The molecule has 0 saturated heterocycles. The average molecular weight is 166 g/mol. The zero-order chi connectivity index (χ0) is 8.81. The predicted molar refractivity (Wildman–Crippen MR) is 48.3 cm³/mol. The van der Waals surface area contributed by atoms with Crippen LogP contribution in [-0.4, -0.2) is 22.9 Å². The van der Waals surface area contributed by atoms with Crippen molar-refractivity contribution in [3.63, 3.8) is 0 Å². The average Bonchev–Trinajstić information content (AvgIpc) is 2.57. The normalized spacial score (nSPS) is 9.75. The molecule has 4 heteroatoms. The van der Waals surface area contributed by atoms with Crippen molar-refractivity contribution in [1.82, 2.24) is 15.3 Å². The molecule has 0 aliphatic heterocycles. The molecule has 0 aromatic carbocycles. The first kappa shape index (κ1) is 8.77. The molecule has 0 aliphatic carbocycles. The Morgan fingerprint density at radius 1 is 1.75 bits per heavy atom. The zero-order valence-corrected chi connectivity index (χ0v) is 7.22. The molecule has 0 bridgehead atoms. The summed E-state index contributed by atoms with van der Waals surface area (Å²) in [6, 6.07) is 0. The minimum absolute atomic E-state index is 0.585. The number of aromatic amines is 1. The highest BCUT2D eigenvalue weighted by molar-refractivity contribution is 5.78. The van der Waals surface area contributed by atoms with E-state index in [1.165, 1.54) is 0 Å². The van der Waals surface area contributed by atoms with Crippen LogP contribution < -0.4 is 5.32 Å². The van der Waals surface area contributed by atoms with E-state index in [2.05, 4.69) is 15.3 Å². The van der Waals surface area contributed by atoms with Gasteiger partial charge in [-0.1, -0.05) is 0 Å². The molecule has 0 spiro atoms. The van der Waals surface area contributed by atoms with Crippen LogP contribution in [0, 0.1) is 5.41 Å². The van der Waals surface area contributed by atoms with Gasteiger partial charge in [-0.05, 0) is 6.42 Å². The Morgan fingerprint density at radius 2 is 2.58 bits per heavy atom. The number of imidazole rings is 1. The summed E-state index contributed by atoms with van der Waals surface area (Å²) in [5.74, 6) is 1.58. The molecule has 0 unspecified atom stereocenters. The van der Waals surface area contributed by atoms with Crippen molar-refractivity contribution in [2.24, 2.45) is 0 Å². The molecule has 1 rings (SSSR count). The SMILES string of the molecule is CNC(=N)CCCc1ncc[nH]1. The Kier molecular flexibility index (Phi) is 3.32. The Labute approximate surface area is 71.9 Å². The van der Waals surface area contributed by atoms with E-state index in [-0.39, 0.29) is 0 Å². The van der Waals surface area contributed by atoms with Crippen LogP contribution in [0.3, 0.4) is 0 Å². The highest BCUT2D eigenvalue weighted by Crippen LogP contribution is 1.97. The third-order valence-electron chi connectivity index (χ3n) is 1.70. The Morgan fingerprint density at radius 3 is 3.17 bits per heavy atom. The number of nitrogens with zero attached hydrogens (tertiary/aromatic N) is 1. The molecule has 0 fully saturated rings. The minimum atomic E-state index is 0.585. The van der Waals surface area contributed by atoms with E-state index < -0.39 is 0 Å². The standard InChI is InChI=1S/C8H14N4/c1-10-7(9)3-2-4-8-11-5-6-12-8/h5-6H,2-4H2,1H3,(H2,9,10)(H,11,12). The van der Waals surface area contributed by atoms with Crippen LogP contribution in [0.1, 0.15) is 18.7 Å². The van der Waals surface area contributed by atoms with E-state index in [1.54, 1.807) is 13.2 Å². The van der Waals surface area contributed by atoms with Crippen molar-refractivity contribution in [2.45, 2.75) is 19.3 Å². The number of aryl methyl sites for hydroxylation is 1. The molecule has 0 amide bonds. The quantitative estimate of drug-likeness (QED) is 0.460. The molecule has 4 nitrogen and oxygen atoms in total. The second kappa shape index (κ2) is 4.54. The highest BCUT2D eigenvalue weighted by Gasteiger charge is 1.96. The molecule has 12 heavy (non-hydrogen) atoms. The van der Waals surface area contributed by atoms with E-state index in [0.717, 1.165) is 25.1 Å². The number of hydrogen-bond donors (Lipinski definition) is 3. The van der Waals surface area contributed by atoms with E-state index in [1.807, 2.05) is 6.20 Å². The van der Waals surface area contributed by atoms with Crippen LogP contribution in [0.5, 0.6) is 0 Å². The lowest BCUT2D eigenvalue weighted by Gasteiger charge is -2.00. The molecule has 1 heterocycles. The summed E-state index contributed by atoms with van der Waals surface area (Å²) in [6.45, 7) is 0. The zero-order valence-electron chi connectivity index (χ0n) is 7.22. The molecule has 1 aromatic heterocycles. The summed E-state index contributed by atoms with van der Waals surface area (Å²) < 4.78 is 0. The van der Waals surface area contributed by atoms with Gasteiger partial charge < -0.3 is 10.3 Å². The van der Waals surface area contributed by atoms with Crippen LogP contribution in [0.4, 0.5) is 0 Å². The second-order valence-corrected chi connectivity index (χ2v) is 2.62. The fraction of sp³-hybridized carbons (Fsp3) is 0.500. The summed E-state index contributed by atoms with van der Waals surface area (Å²) in [7, 11) is 1.77. The van der Waals surface area contributed by atoms with Crippen molar-refractivity contribution in [3.05, 3.63) is 18.2 Å². The molecular formula is C8H14N4. The number of aromatic nitrogens is 2. The van der Waals surface area contributed by atoms with Gasteiger partial charge in [0.15, 0.2) is 0 Å². The number of amidine groups is 1. The Balaban J connectivity index is 2.15. The van der Waals surface area contributed by atoms with Gasteiger partial charge in [0.2, 0.25) is 0 Å². The van der Waals surface area contributed by atoms with Gasteiger partial charge in [-0.3, -0.25) is 5.41 Å². The fourth-order valence-corrected chi connectivity index (χ4v) is 0.992. The van der Waals surface area contributed by atoms with Crippen LogP contribution >= 0.6 is 0 Å². The number of hydrogen-bond acceptors (Lipinski definition) is 2. The smallest absolute Gasteiger partial charge is 0.106 e. The van der Waals surface area contributed by atoms with Crippen molar-refractivity contribution < 1.29 is 0 Å². The van der Waals surface area contributed by atoms with Gasteiger partial charge in [-0.15, -0.1) is 0 Å². The fourth-order valence-electron chi connectivity index (χ4n) is 0.992. The summed E-state index contributed by atoms with van der Waals surface area (Å²) >= 11 is 0. The van der Waals surface area contributed by atoms with Gasteiger partial charge in [0.05, 0.1) is 5.84 Å². The van der Waals surface area contributed by atoms with Crippen molar-refractivity contribution in [3.8, 4) is 0 Å². The lowest BCUT2D eigenvalue weighted by Crippen LogP contribution is -2.16. The van der Waals surface area contributed by atoms with Crippen molar-refractivity contribution >= 4 is 5.84 Å². The van der Waals surface area contributed by atoms with E-state index in [9.17, 15) is 0 Å². The first-order valence-electron chi connectivity index (χ1n) is 4.06. The number of nitrogens with one attached hydrogen (secondary N) is 3. The monoisotopic (exact) mass is 166 g/mol. The largest absolute Gasteiger partial charge is 0.377 e. The maximum absolute atomic E-state index is 7.32. The third kappa shape index (κ3) is 2.74. The molecule has 1 aromatic rings. The van der Waals surface area contributed by atoms with Crippen LogP contribution in [0.2, 0.25) is 0 Å². The first-order chi connectivity index (χ1) is 5.83. The highest BCUT2D eigenvalue weighted by atomic mass is 14.9. The first-order valence-corrected chi connectivity index (χ1v) is 4.06. The lowest BCUT2D eigenvalue weighted by molar-refractivity contribution is 0.800. The summed E-state index contributed by atoms with van der Waals surface area (Å²) in [6.07, 6.45) is 6.24. The van der Waals surface area contributed by atoms with Gasteiger partial charge in [-0.25, -0.2) is 4.98 Å². The molecule has 66 valence electrons. The van der Waals surface area contributed by atoms with E-state index >= 15 is 0 Å². The van der Waals surface area contributed by atoms with Crippen LogP contribution in [0.15, 0.2) is 12.4 Å². The van der Waals surface area contributed by atoms with E-state index in [4.69, 9.17) is 5.41 Å². The summed E-state index contributed by atoms with van der Waals surface area (Å²) in [5, 5.41) is 10.1. The van der Waals surface area contributed by atoms with Crippen LogP contribution in [-0.2, 0) is 6.42 Å². The Hall–Kier alpha value is -1.32. The molecule has 0 radical (unpaired) electrons. The van der Waals surface area contributed by atoms with Gasteiger partial charge >= 0.3 is 0 Å². The van der Waals surface area contributed by atoms with Gasteiger partial charge in [0.1, 0.15) is 5.82 Å². The predicted octanol–water partition coefficient (Wildman–Crippen LogP) is 0.929. The van der Waals surface area contributed by atoms with Crippen molar-refractivity contribution in [1.29, 1.82) is 5.41 Å². The minimum Gasteiger partial charge on any atom is -0.377 e. The Bertz CT molecular complexity index is 227. The van der Waals surface area contributed by atoms with E-state index in [0.29, 0.717) is 5.84 Å². The molecule has 0 aliphatic rings. The summed E-state index contributed by atoms with van der Waals surface area (Å²) in [5.41, 5.74) is 0. The second-order valence-electron chi connectivity index (χ2n) is 2.62. The molecule has 3 N–H and O–H groups in total.